The average Bonchev–Trinajstić information content (AvgIpc) is 2.84. The van der Waals surface area contributed by atoms with E-state index in [1.165, 1.54) is 18.2 Å². The van der Waals surface area contributed by atoms with E-state index in [2.05, 4.69) is 10.5 Å². The van der Waals surface area contributed by atoms with Gasteiger partial charge in [-0.2, -0.15) is 5.10 Å². The summed E-state index contributed by atoms with van der Waals surface area (Å²) in [4.78, 5) is 53.3. The number of nitro groups is 4. The zero-order valence-electron chi connectivity index (χ0n) is 17.7. The maximum Gasteiger partial charge on any atom is 0.344 e. The van der Waals surface area contributed by atoms with Crippen LogP contribution in [0.1, 0.15) is 15.9 Å². The Kier molecular flexibility index (Phi) is 7.19. The standard InChI is InChI=1S/C20H12N6O10/c27-20(13-7-15(24(30)31)9-16(8-13)25(32)33)36-19-4-2-1-3-12(19)11-21-22-17-6-5-14(23(28)29)10-18(17)26(34)35/h1-11,22H/b21-11-. The Labute approximate surface area is 199 Å². The summed E-state index contributed by atoms with van der Waals surface area (Å²) in [5.74, 6) is -1.21. The van der Waals surface area contributed by atoms with Crippen LogP contribution in [-0.4, -0.2) is 31.9 Å². The van der Waals surface area contributed by atoms with Gasteiger partial charge in [0.1, 0.15) is 11.4 Å². The maximum absolute atomic E-state index is 12.6. The van der Waals surface area contributed by atoms with E-state index in [-0.39, 0.29) is 17.0 Å². The molecule has 0 saturated heterocycles. The second-order valence-electron chi connectivity index (χ2n) is 6.77. The summed E-state index contributed by atoms with van der Waals surface area (Å²) in [6.45, 7) is 0. The van der Waals surface area contributed by atoms with Crippen molar-refractivity contribution < 1.29 is 29.2 Å². The van der Waals surface area contributed by atoms with Crippen LogP contribution in [0.2, 0.25) is 0 Å². The van der Waals surface area contributed by atoms with E-state index in [1.807, 2.05) is 0 Å². The summed E-state index contributed by atoms with van der Waals surface area (Å²) < 4.78 is 5.22. The number of para-hydroxylation sites is 1. The van der Waals surface area contributed by atoms with Gasteiger partial charge in [0.25, 0.3) is 17.1 Å². The van der Waals surface area contributed by atoms with Crippen molar-refractivity contribution in [2.24, 2.45) is 5.10 Å². The predicted octanol–water partition coefficient (Wildman–Crippen LogP) is 3.98. The van der Waals surface area contributed by atoms with Gasteiger partial charge in [-0.25, -0.2) is 4.79 Å². The fourth-order valence-electron chi connectivity index (χ4n) is 2.81. The molecule has 0 saturated carbocycles. The number of carbonyl (C=O) groups is 1. The van der Waals surface area contributed by atoms with E-state index in [0.29, 0.717) is 6.07 Å². The number of anilines is 1. The first-order chi connectivity index (χ1) is 17.1. The molecule has 0 aliphatic carbocycles. The molecule has 0 aliphatic heterocycles. The number of ether oxygens (including phenoxy) is 1. The van der Waals surface area contributed by atoms with Crippen molar-refractivity contribution in [3.05, 3.63) is 112 Å². The fraction of sp³-hybridized carbons (Fsp3) is 0. The van der Waals surface area contributed by atoms with Crippen molar-refractivity contribution in [2.45, 2.75) is 0 Å². The minimum atomic E-state index is -1.12. The molecule has 0 aliphatic rings. The van der Waals surface area contributed by atoms with Crippen LogP contribution in [0.25, 0.3) is 0 Å². The third kappa shape index (κ3) is 5.76. The Morgan fingerprint density at radius 3 is 1.97 bits per heavy atom. The number of carbonyl (C=O) groups excluding carboxylic acids is 1. The van der Waals surface area contributed by atoms with Crippen LogP contribution in [0.3, 0.4) is 0 Å². The van der Waals surface area contributed by atoms with Crippen molar-refractivity contribution in [1.29, 1.82) is 0 Å². The van der Waals surface area contributed by atoms with Crippen molar-refractivity contribution >= 4 is 40.6 Å². The highest BCUT2D eigenvalue weighted by atomic mass is 16.6. The molecule has 1 N–H and O–H groups in total. The Hall–Kier alpha value is -5.80. The molecule has 3 aromatic rings. The third-order valence-electron chi connectivity index (χ3n) is 4.46. The number of hydrazone groups is 1. The molecule has 0 atom stereocenters. The Morgan fingerprint density at radius 2 is 1.39 bits per heavy atom. The first-order valence-electron chi connectivity index (χ1n) is 9.54. The highest BCUT2D eigenvalue weighted by Gasteiger charge is 2.22. The summed E-state index contributed by atoms with van der Waals surface area (Å²) in [5.41, 5.74) is -0.491. The van der Waals surface area contributed by atoms with Gasteiger partial charge in [0.2, 0.25) is 0 Å². The molecule has 36 heavy (non-hydrogen) atoms. The van der Waals surface area contributed by atoms with Crippen LogP contribution in [0.15, 0.2) is 65.8 Å². The molecule has 0 heterocycles. The van der Waals surface area contributed by atoms with Gasteiger partial charge in [0.05, 0.1) is 43.6 Å². The molecule has 3 aromatic carbocycles. The number of esters is 1. The van der Waals surface area contributed by atoms with E-state index in [9.17, 15) is 45.3 Å². The van der Waals surface area contributed by atoms with Gasteiger partial charge in [-0.1, -0.05) is 12.1 Å². The van der Waals surface area contributed by atoms with Crippen LogP contribution in [0.4, 0.5) is 28.4 Å². The molecule has 0 spiro atoms. The zero-order valence-corrected chi connectivity index (χ0v) is 17.7. The maximum atomic E-state index is 12.6. The van der Waals surface area contributed by atoms with E-state index in [4.69, 9.17) is 4.74 Å². The number of nitrogens with one attached hydrogen (secondary N) is 1. The normalized spacial score (nSPS) is 10.6. The van der Waals surface area contributed by atoms with E-state index >= 15 is 0 Å². The average molecular weight is 496 g/mol. The van der Waals surface area contributed by atoms with Gasteiger partial charge in [-0.05, 0) is 18.2 Å². The van der Waals surface area contributed by atoms with E-state index < -0.39 is 54.0 Å². The number of non-ortho nitro benzene ring substituents is 3. The molecular weight excluding hydrogens is 484 g/mol. The number of rotatable bonds is 9. The molecule has 182 valence electrons. The van der Waals surface area contributed by atoms with Crippen molar-refractivity contribution in [2.75, 3.05) is 5.43 Å². The van der Waals surface area contributed by atoms with Gasteiger partial charge in [0.15, 0.2) is 0 Å². The molecule has 16 heteroatoms. The summed E-state index contributed by atoms with van der Waals surface area (Å²) in [6.07, 6.45) is 1.13. The van der Waals surface area contributed by atoms with Crippen LogP contribution < -0.4 is 10.2 Å². The Balaban J connectivity index is 1.85. The largest absolute Gasteiger partial charge is 0.422 e. The van der Waals surface area contributed by atoms with Gasteiger partial charge in [-0.3, -0.25) is 45.9 Å². The first kappa shape index (κ1) is 24.8. The van der Waals surface area contributed by atoms with Gasteiger partial charge in [-0.15, -0.1) is 0 Å². The highest BCUT2D eigenvalue weighted by molar-refractivity contribution is 5.94. The SMILES string of the molecule is O=C(Oc1ccccc1/C=N\Nc1ccc([N+](=O)[O-])cc1[N+](=O)[O-])c1cc([N+](=O)[O-])cc([N+](=O)[O-])c1. The number of hydrogen-bond donors (Lipinski definition) is 1. The van der Waals surface area contributed by atoms with Crippen LogP contribution in [0, 0.1) is 40.5 Å². The molecule has 0 fully saturated rings. The Morgan fingerprint density at radius 1 is 0.778 bits per heavy atom. The highest BCUT2D eigenvalue weighted by Crippen LogP contribution is 2.29. The molecule has 0 amide bonds. The Bertz CT molecular complexity index is 1410. The van der Waals surface area contributed by atoms with Crippen molar-refractivity contribution in [3.63, 3.8) is 0 Å². The van der Waals surface area contributed by atoms with Crippen molar-refractivity contribution in [1.82, 2.24) is 0 Å². The molecular formula is C20H12N6O10. The minimum absolute atomic E-state index is 0.0830. The second-order valence-corrected chi connectivity index (χ2v) is 6.77. The lowest BCUT2D eigenvalue weighted by Crippen LogP contribution is -2.11. The summed E-state index contributed by atoms with van der Waals surface area (Å²) in [6, 6.07) is 11.1. The van der Waals surface area contributed by atoms with Gasteiger partial charge < -0.3 is 4.74 Å². The van der Waals surface area contributed by atoms with Crippen LogP contribution in [0.5, 0.6) is 5.75 Å². The third-order valence-corrected chi connectivity index (χ3v) is 4.46. The number of nitro benzene ring substituents is 4. The lowest BCUT2D eigenvalue weighted by molar-refractivity contribution is -0.394. The molecule has 0 aromatic heterocycles. The minimum Gasteiger partial charge on any atom is -0.422 e. The zero-order chi connectivity index (χ0) is 26.4. The van der Waals surface area contributed by atoms with Crippen molar-refractivity contribution in [3.8, 4) is 5.75 Å². The lowest BCUT2D eigenvalue weighted by atomic mass is 10.1. The summed E-state index contributed by atoms with van der Waals surface area (Å²) in [5, 5.41) is 48.0. The van der Waals surface area contributed by atoms with Gasteiger partial charge in [0, 0.05) is 23.8 Å². The molecule has 16 nitrogen and oxygen atoms in total. The molecule has 0 radical (unpaired) electrons. The lowest BCUT2D eigenvalue weighted by Gasteiger charge is -2.07. The molecule has 0 bridgehead atoms. The number of nitrogens with zero attached hydrogens (tertiary/aromatic N) is 5. The monoisotopic (exact) mass is 496 g/mol. The summed E-state index contributed by atoms with van der Waals surface area (Å²) in [7, 11) is 0. The summed E-state index contributed by atoms with van der Waals surface area (Å²) >= 11 is 0. The van der Waals surface area contributed by atoms with E-state index in [0.717, 1.165) is 36.5 Å². The molecule has 3 rings (SSSR count). The number of benzene rings is 3. The molecule has 0 unspecified atom stereocenters. The first-order valence-corrected chi connectivity index (χ1v) is 9.54. The van der Waals surface area contributed by atoms with Crippen LogP contribution >= 0.6 is 0 Å². The second kappa shape index (κ2) is 10.4. The van der Waals surface area contributed by atoms with E-state index in [1.54, 1.807) is 6.07 Å². The van der Waals surface area contributed by atoms with Crippen LogP contribution in [-0.2, 0) is 0 Å². The van der Waals surface area contributed by atoms with Gasteiger partial charge >= 0.3 is 11.7 Å². The smallest absolute Gasteiger partial charge is 0.344 e. The topological polar surface area (TPSA) is 223 Å². The predicted molar refractivity (Wildman–Crippen MR) is 122 cm³/mol. The fourth-order valence-corrected chi connectivity index (χ4v) is 2.81. The quantitative estimate of drug-likeness (QED) is 0.146. The number of hydrogen-bond acceptors (Lipinski definition) is 12.